The van der Waals surface area contributed by atoms with E-state index in [-0.39, 0.29) is 0 Å². The fourth-order valence-electron chi connectivity index (χ4n) is 2.78. The lowest BCUT2D eigenvalue weighted by Gasteiger charge is -2.16. The predicted octanol–water partition coefficient (Wildman–Crippen LogP) is 7.13. The van der Waals surface area contributed by atoms with E-state index in [1.807, 2.05) is 13.0 Å². The topological polar surface area (TPSA) is 9.23 Å². The van der Waals surface area contributed by atoms with Gasteiger partial charge < -0.3 is 4.74 Å². The minimum absolute atomic E-state index is 0.528. The molecule has 1 heteroatoms. The second kappa shape index (κ2) is 9.88. The van der Waals surface area contributed by atoms with Crippen LogP contribution in [0, 0.1) is 13.8 Å². The highest BCUT2D eigenvalue weighted by atomic mass is 16.5. The summed E-state index contributed by atoms with van der Waals surface area (Å²) in [5.74, 6) is 0.900. The lowest BCUT2D eigenvalue weighted by atomic mass is 9.93. The van der Waals surface area contributed by atoms with Gasteiger partial charge in [-0.1, -0.05) is 42.0 Å². The van der Waals surface area contributed by atoms with Gasteiger partial charge >= 0.3 is 0 Å². The van der Waals surface area contributed by atoms with Gasteiger partial charge in [-0.3, -0.25) is 0 Å². The molecule has 0 fully saturated rings. The molecule has 0 heterocycles. The molecule has 0 saturated heterocycles. The van der Waals surface area contributed by atoms with Crippen LogP contribution in [0.25, 0.3) is 5.57 Å². The van der Waals surface area contributed by atoms with Crippen LogP contribution < -0.4 is 4.74 Å². The Labute approximate surface area is 154 Å². The number of allylic oxidation sites excluding steroid dienone is 6. The summed E-state index contributed by atoms with van der Waals surface area (Å²) in [6.07, 6.45) is 9.18. The molecule has 0 bridgehead atoms. The third-order valence-corrected chi connectivity index (χ3v) is 4.10. The molecule has 1 aromatic carbocycles. The van der Waals surface area contributed by atoms with Crippen molar-refractivity contribution < 1.29 is 4.74 Å². The van der Waals surface area contributed by atoms with Gasteiger partial charge in [-0.2, -0.15) is 0 Å². The minimum atomic E-state index is 0.528. The van der Waals surface area contributed by atoms with Gasteiger partial charge in [0.15, 0.2) is 0 Å². The first kappa shape index (κ1) is 20.8. The van der Waals surface area contributed by atoms with Crippen LogP contribution in [0.2, 0.25) is 0 Å². The quantitative estimate of drug-likeness (QED) is 0.362. The molecule has 0 aliphatic carbocycles. The summed E-state index contributed by atoms with van der Waals surface area (Å²) in [5.41, 5.74) is 8.48. The van der Waals surface area contributed by atoms with Crippen LogP contribution in [-0.2, 0) is 0 Å². The molecule has 25 heavy (non-hydrogen) atoms. The Morgan fingerprint density at radius 1 is 1.08 bits per heavy atom. The van der Waals surface area contributed by atoms with Crippen LogP contribution in [0.3, 0.4) is 0 Å². The van der Waals surface area contributed by atoms with E-state index in [1.54, 1.807) is 0 Å². The Hall–Kier alpha value is -2.28. The summed E-state index contributed by atoms with van der Waals surface area (Å²) in [6, 6.07) is 4.23. The predicted molar refractivity (Wildman–Crippen MR) is 112 cm³/mol. The second-order valence-electron chi connectivity index (χ2n) is 6.74. The standard InChI is InChI=1S/C24H32O/c1-9-11-21(10-2)24-19(7)14-23(15-20(24)8)25-16-22(18(5)6)13-12-17(3)4/h9-10,12-15H,1,5,11,16H2,2-4,6-8H3/b21-10-,22-13-. The molecule has 1 nitrogen and oxygen atoms in total. The maximum atomic E-state index is 6.05. The molecule has 0 N–H and O–H groups in total. The SMILES string of the molecule is C=CC/C(=C/C)c1c(C)cc(OC/C(=C/C=C(C)C)C(=C)C)cc1C. The van der Waals surface area contributed by atoms with E-state index < -0.39 is 0 Å². The Kier molecular flexibility index (Phi) is 8.21. The molecule has 0 aliphatic rings. The number of aryl methyl sites for hydroxylation is 2. The summed E-state index contributed by atoms with van der Waals surface area (Å²) >= 11 is 0. The Balaban J connectivity index is 3.05. The molecule has 1 aromatic rings. The van der Waals surface area contributed by atoms with E-state index in [9.17, 15) is 0 Å². The number of rotatable bonds is 8. The number of hydrogen-bond acceptors (Lipinski definition) is 1. The Morgan fingerprint density at radius 3 is 2.12 bits per heavy atom. The Morgan fingerprint density at radius 2 is 1.68 bits per heavy atom. The van der Waals surface area contributed by atoms with Gasteiger partial charge in [-0.15, -0.1) is 6.58 Å². The highest BCUT2D eigenvalue weighted by Gasteiger charge is 2.10. The first-order valence-corrected chi connectivity index (χ1v) is 8.80. The lowest BCUT2D eigenvalue weighted by molar-refractivity contribution is 0.353. The van der Waals surface area contributed by atoms with Gasteiger partial charge in [-0.25, -0.2) is 0 Å². The normalized spacial score (nSPS) is 11.9. The third-order valence-electron chi connectivity index (χ3n) is 4.10. The maximum absolute atomic E-state index is 6.05. The highest BCUT2D eigenvalue weighted by Crippen LogP contribution is 2.30. The molecule has 0 atom stereocenters. The van der Waals surface area contributed by atoms with Crippen molar-refractivity contribution in [2.75, 3.05) is 6.61 Å². The molecule has 134 valence electrons. The van der Waals surface area contributed by atoms with Crippen molar-refractivity contribution in [1.29, 1.82) is 0 Å². The fraction of sp³-hybridized carbons (Fsp3) is 0.333. The molecular formula is C24H32O. The molecule has 0 unspecified atom stereocenters. The molecular weight excluding hydrogens is 304 g/mol. The fourth-order valence-corrected chi connectivity index (χ4v) is 2.78. The smallest absolute Gasteiger partial charge is 0.120 e. The average Bonchev–Trinajstić information content (AvgIpc) is 2.52. The van der Waals surface area contributed by atoms with Crippen molar-refractivity contribution in [1.82, 2.24) is 0 Å². The first-order chi connectivity index (χ1) is 11.8. The first-order valence-electron chi connectivity index (χ1n) is 8.80. The van der Waals surface area contributed by atoms with Crippen molar-refractivity contribution in [3.8, 4) is 5.75 Å². The molecule has 1 rings (SSSR count). The van der Waals surface area contributed by atoms with Crippen LogP contribution in [0.5, 0.6) is 5.75 Å². The van der Waals surface area contributed by atoms with Crippen molar-refractivity contribution >= 4 is 5.57 Å². The van der Waals surface area contributed by atoms with E-state index in [0.29, 0.717) is 6.61 Å². The summed E-state index contributed by atoms with van der Waals surface area (Å²) in [7, 11) is 0. The van der Waals surface area contributed by atoms with Gasteiger partial charge in [0, 0.05) is 0 Å². The molecule has 0 aliphatic heterocycles. The summed E-state index contributed by atoms with van der Waals surface area (Å²) in [4.78, 5) is 0. The zero-order chi connectivity index (χ0) is 19.0. The molecule has 0 aromatic heterocycles. The molecule has 0 amide bonds. The van der Waals surface area contributed by atoms with Crippen LogP contribution in [0.4, 0.5) is 0 Å². The van der Waals surface area contributed by atoms with Gasteiger partial charge in [0.25, 0.3) is 0 Å². The largest absolute Gasteiger partial charge is 0.489 e. The zero-order valence-corrected chi connectivity index (χ0v) is 16.7. The van der Waals surface area contributed by atoms with Crippen molar-refractivity contribution in [3.63, 3.8) is 0 Å². The third kappa shape index (κ3) is 6.26. The van der Waals surface area contributed by atoms with Gasteiger partial charge in [0.1, 0.15) is 12.4 Å². The van der Waals surface area contributed by atoms with Gasteiger partial charge in [-0.05, 0) is 87.9 Å². The lowest BCUT2D eigenvalue weighted by Crippen LogP contribution is -2.03. The summed E-state index contributed by atoms with van der Waals surface area (Å²) in [6.45, 7) is 21.0. The minimum Gasteiger partial charge on any atom is -0.489 e. The molecule has 0 saturated carbocycles. The van der Waals surface area contributed by atoms with E-state index in [1.165, 1.54) is 27.8 Å². The number of hydrogen-bond donors (Lipinski definition) is 0. The molecule has 0 spiro atoms. The Bertz CT molecular complexity index is 699. The number of ether oxygens (including phenoxy) is 1. The number of benzene rings is 1. The maximum Gasteiger partial charge on any atom is 0.120 e. The zero-order valence-electron chi connectivity index (χ0n) is 16.7. The van der Waals surface area contributed by atoms with Gasteiger partial charge in [0.2, 0.25) is 0 Å². The van der Waals surface area contributed by atoms with Gasteiger partial charge in [0.05, 0.1) is 0 Å². The second-order valence-corrected chi connectivity index (χ2v) is 6.74. The summed E-state index contributed by atoms with van der Waals surface area (Å²) < 4.78 is 6.05. The van der Waals surface area contributed by atoms with Crippen molar-refractivity contribution in [3.05, 3.63) is 83.0 Å². The molecule has 0 radical (unpaired) electrons. The highest BCUT2D eigenvalue weighted by molar-refractivity contribution is 5.72. The van der Waals surface area contributed by atoms with Crippen molar-refractivity contribution in [2.45, 2.75) is 48.0 Å². The van der Waals surface area contributed by atoms with Crippen LogP contribution in [0.15, 0.2) is 66.3 Å². The van der Waals surface area contributed by atoms with Crippen molar-refractivity contribution in [2.24, 2.45) is 0 Å². The average molecular weight is 337 g/mol. The van der Waals surface area contributed by atoms with Crippen LogP contribution >= 0.6 is 0 Å². The van der Waals surface area contributed by atoms with E-state index >= 15 is 0 Å². The van der Waals surface area contributed by atoms with Crippen LogP contribution in [0.1, 0.15) is 50.8 Å². The van der Waals surface area contributed by atoms with E-state index in [2.05, 4.69) is 78.1 Å². The van der Waals surface area contributed by atoms with E-state index in [0.717, 1.165) is 23.3 Å². The summed E-state index contributed by atoms with van der Waals surface area (Å²) in [5, 5.41) is 0. The van der Waals surface area contributed by atoms with Crippen LogP contribution in [-0.4, -0.2) is 6.61 Å². The van der Waals surface area contributed by atoms with E-state index in [4.69, 9.17) is 4.74 Å². The monoisotopic (exact) mass is 336 g/mol.